The van der Waals surface area contributed by atoms with E-state index in [4.69, 9.17) is 22.1 Å². The predicted molar refractivity (Wildman–Crippen MR) is 67.5 cm³/mol. The molecule has 0 radical (unpaired) electrons. The highest BCUT2D eigenvalue weighted by Gasteiger charge is 2.29. The monoisotopic (exact) mass is 309 g/mol. The zero-order valence-corrected chi connectivity index (χ0v) is 11.5. The van der Waals surface area contributed by atoms with Crippen LogP contribution < -0.4 is 5.73 Å². The summed E-state index contributed by atoms with van der Waals surface area (Å²) < 4.78 is 6.48. The Bertz CT molecular complexity index is 338. The molecule has 0 saturated carbocycles. The molecule has 2 heterocycles. The number of thiophene rings is 1. The Morgan fingerprint density at radius 3 is 2.93 bits per heavy atom. The zero-order valence-electron chi connectivity index (χ0n) is 8.37. The van der Waals surface area contributed by atoms with E-state index in [0.717, 1.165) is 26.7 Å². The molecule has 1 fully saturated rings. The first-order valence-electron chi connectivity index (χ1n) is 4.90. The van der Waals surface area contributed by atoms with Crippen LogP contribution >= 0.6 is 38.9 Å². The molecule has 3 unspecified atom stereocenters. The molecule has 2 nitrogen and oxygen atoms in total. The van der Waals surface area contributed by atoms with Crippen molar-refractivity contribution in [2.75, 3.05) is 6.61 Å². The van der Waals surface area contributed by atoms with E-state index in [0.29, 0.717) is 12.0 Å². The molecule has 1 aromatic heterocycles. The molecule has 3 atom stereocenters. The summed E-state index contributed by atoms with van der Waals surface area (Å²) in [6.45, 7) is 2.85. The van der Waals surface area contributed by atoms with Gasteiger partial charge in [0.2, 0.25) is 0 Å². The molecular formula is C10H13BrClNOS. The van der Waals surface area contributed by atoms with Crippen LogP contribution in [0.2, 0.25) is 5.02 Å². The van der Waals surface area contributed by atoms with Gasteiger partial charge in [-0.15, -0.1) is 11.3 Å². The van der Waals surface area contributed by atoms with Crippen LogP contribution in [0.25, 0.3) is 0 Å². The number of nitrogens with two attached hydrogens (primary N) is 1. The van der Waals surface area contributed by atoms with Crippen LogP contribution in [-0.2, 0) is 4.74 Å². The molecule has 1 aliphatic heterocycles. The van der Waals surface area contributed by atoms with Crippen LogP contribution in [0.15, 0.2) is 9.85 Å². The highest BCUT2D eigenvalue weighted by atomic mass is 79.9. The van der Waals surface area contributed by atoms with Crippen molar-refractivity contribution in [2.45, 2.75) is 25.5 Å². The summed E-state index contributed by atoms with van der Waals surface area (Å²) in [5.74, 6) is 0.418. The summed E-state index contributed by atoms with van der Waals surface area (Å²) in [5.41, 5.74) is 6.20. The molecule has 15 heavy (non-hydrogen) atoms. The Labute approximate surface area is 107 Å². The van der Waals surface area contributed by atoms with Crippen LogP contribution in [-0.4, -0.2) is 12.7 Å². The Morgan fingerprint density at radius 1 is 1.73 bits per heavy atom. The number of hydrogen-bond donors (Lipinski definition) is 1. The van der Waals surface area contributed by atoms with Gasteiger partial charge in [0.25, 0.3) is 0 Å². The smallest absolute Gasteiger partial charge is 0.0887 e. The van der Waals surface area contributed by atoms with Gasteiger partial charge in [-0.05, 0) is 35.3 Å². The summed E-state index contributed by atoms with van der Waals surface area (Å²) >= 11 is 11.0. The largest absolute Gasteiger partial charge is 0.378 e. The summed E-state index contributed by atoms with van der Waals surface area (Å²) in [5, 5.41) is 0.748. The molecular weight excluding hydrogens is 298 g/mol. The van der Waals surface area contributed by atoms with Crippen LogP contribution in [0.5, 0.6) is 0 Å². The van der Waals surface area contributed by atoms with E-state index in [-0.39, 0.29) is 6.04 Å². The second-order valence-electron chi connectivity index (χ2n) is 3.94. The molecule has 0 aliphatic carbocycles. The third-order valence-corrected chi connectivity index (χ3v) is 5.31. The average molecular weight is 311 g/mol. The van der Waals surface area contributed by atoms with Crippen molar-refractivity contribution in [1.82, 2.24) is 0 Å². The van der Waals surface area contributed by atoms with E-state index >= 15 is 0 Å². The normalized spacial score (nSPS) is 28.3. The zero-order chi connectivity index (χ0) is 11.0. The first kappa shape index (κ1) is 11.9. The minimum absolute atomic E-state index is 0.0451. The van der Waals surface area contributed by atoms with Crippen molar-refractivity contribution in [3.05, 3.63) is 19.8 Å². The van der Waals surface area contributed by atoms with Crippen LogP contribution in [0.1, 0.15) is 24.3 Å². The molecule has 2 N–H and O–H groups in total. The van der Waals surface area contributed by atoms with E-state index in [9.17, 15) is 0 Å². The minimum atomic E-state index is 0.0451. The lowest BCUT2D eigenvalue weighted by Gasteiger charge is -2.15. The lowest BCUT2D eigenvalue weighted by Crippen LogP contribution is -2.20. The van der Waals surface area contributed by atoms with Crippen LogP contribution in [0.3, 0.4) is 0 Å². The van der Waals surface area contributed by atoms with Gasteiger partial charge in [0.05, 0.1) is 21.5 Å². The topological polar surface area (TPSA) is 35.2 Å². The van der Waals surface area contributed by atoms with Crippen molar-refractivity contribution in [3.63, 3.8) is 0 Å². The van der Waals surface area contributed by atoms with Gasteiger partial charge in [0, 0.05) is 16.8 Å². The van der Waals surface area contributed by atoms with Crippen molar-refractivity contribution < 1.29 is 4.74 Å². The number of rotatable bonds is 2. The fourth-order valence-corrected chi connectivity index (χ4v) is 3.70. The Kier molecular flexibility index (Phi) is 3.73. The van der Waals surface area contributed by atoms with E-state index < -0.39 is 0 Å². The predicted octanol–water partition coefficient (Wildman–Crippen LogP) is 3.59. The van der Waals surface area contributed by atoms with Gasteiger partial charge in [-0.1, -0.05) is 11.6 Å². The molecule has 0 amide bonds. The lowest BCUT2D eigenvalue weighted by atomic mass is 9.97. The summed E-state index contributed by atoms with van der Waals surface area (Å²) in [4.78, 5) is 1.13. The standard InChI is InChI=1S/C10H13BrClNOS/c1-5-2-6(4-14-5)9(13)8-3-7(12)10(11)15-8/h3,5-6,9H,2,4,13H2,1H3. The average Bonchev–Trinajstić information content (AvgIpc) is 2.74. The summed E-state index contributed by atoms with van der Waals surface area (Å²) in [6, 6.07) is 1.99. The van der Waals surface area contributed by atoms with Gasteiger partial charge in [-0.3, -0.25) is 0 Å². The maximum Gasteiger partial charge on any atom is 0.0887 e. The van der Waals surface area contributed by atoms with Crippen molar-refractivity contribution in [1.29, 1.82) is 0 Å². The third-order valence-electron chi connectivity index (χ3n) is 2.73. The van der Waals surface area contributed by atoms with Crippen LogP contribution in [0.4, 0.5) is 0 Å². The molecule has 1 aliphatic rings. The third kappa shape index (κ3) is 2.56. The second kappa shape index (κ2) is 4.72. The Balaban J connectivity index is 2.10. The van der Waals surface area contributed by atoms with Gasteiger partial charge >= 0.3 is 0 Å². The minimum Gasteiger partial charge on any atom is -0.378 e. The van der Waals surface area contributed by atoms with Gasteiger partial charge in [-0.2, -0.15) is 0 Å². The summed E-state index contributed by atoms with van der Waals surface area (Å²) in [7, 11) is 0. The van der Waals surface area contributed by atoms with Gasteiger partial charge < -0.3 is 10.5 Å². The maximum atomic E-state index is 6.20. The lowest BCUT2D eigenvalue weighted by molar-refractivity contribution is 0.118. The van der Waals surface area contributed by atoms with Gasteiger partial charge in [0.15, 0.2) is 0 Å². The number of halogens is 2. The molecule has 0 bridgehead atoms. The molecule has 0 aromatic carbocycles. The Morgan fingerprint density at radius 2 is 2.47 bits per heavy atom. The summed E-state index contributed by atoms with van der Waals surface area (Å²) in [6.07, 6.45) is 1.37. The van der Waals surface area contributed by atoms with Crippen molar-refractivity contribution >= 4 is 38.9 Å². The fourth-order valence-electron chi connectivity index (χ4n) is 1.86. The SMILES string of the molecule is CC1CC(C(N)c2cc(Cl)c(Br)s2)CO1. The van der Waals surface area contributed by atoms with E-state index in [2.05, 4.69) is 22.9 Å². The first-order chi connectivity index (χ1) is 7.08. The van der Waals surface area contributed by atoms with Gasteiger partial charge in [0.1, 0.15) is 0 Å². The molecule has 0 spiro atoms. The van der Waals surface area contributed by atoms with Gasteiger partial charge in [-0.25, -0.2) is 0 Å². The molecule has 84 valence electrons. The van der Waals surface area contributed by atoms with Crippen molar-refractivity contribution in [3.8, 4) is 0 Å². The fraction of sp³-hybridized carbons (Fsp3) is 0.600. The molecule has 5 heteroatoms. The highest BCUT2D eigenvalue weighted by Crippen LogP contribution is 2.39. The van der Waals surface area contributed by atoms with E-state index in [1.54, 1.807) is 11.3 Å². The molecule has 2 rings (SSSR count). The second-order valence-corrected chi connectivity index (χ2v) is 6.74. The van der Waals surface area contributed by atoms with E-state index in [1.165, 1.54) is 0 Å². The molecule has 1 saturated heterocycles. The van der Waals surface area contributed by atoms with Crippen LogP contribution in [0, 0.1) is 5.92 Å². The highest BCUT2D eigenvalue weighted by molar-refractivity contribution is 9.11. The Hall–Kier alpha value is 0.390. The van der Waals surface area contributed by atoms with E-state index in [1.807, 2.05) is 6.07 Å². The number of ether oxygens (including phenoxy) is 1. The maximum absolute atomic E-state index is 6.20. The quantitative estimate of drug-likeness (QED) is 0.906. The first-order valence-corrected chi connectivity index (χ1v) is 6.88. The number of hydrogen-bond acceptors (Lipinski definition) is 3. The van der Waals surface area contributed by atoms with Crippen molar-refractivity contribution in [2.24, 2.45) is 11.7 Å². The molecule has 1 aromatic rings.